The molecule has 0 spiro atoms. The van der Waals surface area contributed by atoms with Crippen LogP contribution in [0.1, 0.15) is 36.8 Å². The minimum absolute atomic E-state index is 0.175. The highest BCUT2D eigenvalue weighted by Crippen LogP contribution is 2.21. The summed E-state index contributed by atoms with van der Waals surface area (Å²) < 4.78 is 0. The fourth-order valence-electron chi connectivity index (χ4n) is 1.64. The van der Waals surface area contributed by atoms with Crippen LogP contribution in [0.3, 0.4) is 0 Å². The van der Waals surface area contributed by atoms with Crippen molar-refractivity contribution in [2.45, 2.75) is 20.8 Å². The van der Waals surface area contributed by atoms with Crippen molar-refractivity contribution >= 4 is 17.4 Å². The van der Waals surface area contributed by atoms with Crippen LogP contribution in [0.4, 0.5) is 5.69 Å². The Morgan fingerprint density at radius 2 is 1.86 bits per heavy atom. The molecule has 0 atom stereocenters. The molecule has 0 saturated carbocycles. The molecule has 0 aliphatic rings. The summed E-state index contributed by atoms with van der Waals surface area (Å²) in [7, 11) is 0. The highest BCUT2D eigenvalue weighted by atomic mass is 16.2. The molecule has 21 heavy (non-hydrogen) atoms. The smallest absolute Gasteiger partial charge is 0.229 e. The Morgan fingerprint density at radius 3 is 2.48 bits per heavy atom. The van der Waals surface area contributed by atoms with Gasteiger partial charge in [0.05, 0.1) is 17.4 Å². The summed E-state index contributed by atoms with van der Waals surface area (Å²) in [6, 6.07) is 6.70. The average Bonchev–Trinajstić information content (AvgIpc) is 2.47. The van der Waals surface area contributed by atoms with Gasteiger partial charge in [0.1, 0.15) is 5.69 Å². The first-order valence-corrected chi connectivity index (χ1v) is 6.61. The van der Waals surface area contributed by atoms with E-state index in [1.807, 2.05) is 0 Å². The number of carbonyl (C=O) groups excluding carboxylic acids is 2. The summed E-state index contributed by atoms with van der Waals surface area (Å²) >= 11 is 0. The van der Waals surface area contributed by atoms with Crippen molar-refractivity contribution in [1.29, 1.82) is 0 Å². The van der Waals surface area contributed by atoms with E-state index in [-0.39, 0.29) is 11.7 Å². The van der Waals surface area contributed by atoms with Crippen molar-refractivity contribution in [1.82, 2.24) is 9.97 Å². The molecule has 0 saturated heterocycles. The van der Waals surface area contributed by atoms with E-state index in [9.17, 15) is 9.59 Å². The summed E-state index contributed by atoms with van der Waals surface area (Å²) in [5.74, 6) is -0.423. The van der Waals surface area contributed by atoms with Crippen LogP contribution in [0, 0.1) is 5.41 Å². The van der Waals surface area contributed by atoms with Gasteiger partial charge in [0.25, 0.3) is 0 Å². The normalized spacial score (nSPS) is 11.0. The lowest BCUT2D eigenvalue weighted by Gasteiger charge is -2.18. The molecule has 2 heterocycles. The van der Waals surface area contributed by atoms with Crippen LogP contribution in [0.5, 0.6) is 0 Å². The van der Waals surface area contributed by atoms with E-state index in [1.54, 1.807) is 51.2 Å². The fraction of sp³-hybridized carbons (Fsp3) is 0.250. The van der Waals surface area contributed by atoms with Gasteiger partial charge in [-0.2, -0.15) is 0 Å². The van der Waals surface area contributed by atoms with Gasteiger partial charge in [-0.15, -0.1) is 0 Å². The number of anilines is 1. The van der Waals surface area contributed by atoms with Gasteiger partial charge in [-0.3, -0.25) is 19.6 Å². The van der Waals surface area contributed by atoms with Gasteiger partial charge >= 0.3 is 0 Å². The molecule has 0 aliphatic heterocycles. The molecule has 0 bridgehead atoms. The van der Waals surface area contributed by atoms with Crippen molar-refractivity contribution in [3.8, 4) is 0 Å². The van der Waals surface area contributed by atoms with Gasteiger partial charge < -0.3 is 5.32 Å². The summed E-state index contributed by atoms with van der Waals surface area (Å²) in [6.45, 7) is 5.41. The molecule has 0 aromatic carbocycles. The summed E-state index contributed by atoms with van der Waals surface area (Å²) in [4.78, 5) is 32.5. The molecular weight excluding hydrogens is 266 g/mol. The average molecular weight is 283 g/mol. The molecule has 1 amide bonds. The first-order chi connectivity index (χ1) is 9.89. The number of carbonyl (C=O) groups is 2. The lowest BCUT2D eigenvalue weighted by Crippen LogP contribution is -2.28. The molecule has 0 fully saturated rings. The topological polar surface area (TPSA) is 72.0 Å². The number of nitrogens with zero attached hydrogens (tertiary/aromatic N) is 2. The maximum absolute atomic E-state index is 12.5. The van der Waals surface area contributed by atoms with E-state index in [1.165, 1.54) is 12.4 Å². The molecule has 0 aliphatic carbocycles. The maximum atomic E-state index is 12.5. The number of amides is 1. The van der Waals surface area contributed by atoms with Crippen molar-refractivity contribution in [3.05, 3.63) is 54.1 Å². The number of hydrogen-bond acceptors (Lipinski definition) is 4. The number of hydrogen-bond donors (Lipinski definition) is 1. The SMILES string of the molecule is CC(C)(C)C(=O)Nc1cnccc1C(=O)c1ccccn1. The molecule has 108 valence electrons. The third kappa shape index (κ3) is 3.51. The molecule has 2 aromatic heterocycles. The Bertz CT molecular complexity index is 661. The van der Waals surface area contributed by atoms with Gasteiger partial charge in [-0.25, -0.2) is 0 Å². The Kier molecular flexibility index (Phi) is 4.12. The molecule has 2 rings (SSSR count). The van der Waals surface area contributed by atoms with Gasteiger partial charge in [-0.05, 0) is 18.2 Å². The van der Waals surface area contributed by atoms with Crippen LogP contribution in [-0.2, 0) is 4.79 Å². The summed E-state index contributed by atoms with van der Waals surface area (Å²) in [5, 5.41) is 2.75. The van der Waals surface area contributed by atoms with Crippen LogP contribution in [0.15, 0.2) is 42.9 Å². The number of ketones is 1. The second-order valence-electron chi connectivity index (χ2n) is 5.67. The number of rotatable bonds is 3. The molecule has 1 N–H and O–H groups in total. The third-order valence-electron chi connectivity index (χ3n) is 2.89. The third-order valence-corrected chi connectivity index (χ3v) is 2.89. The molecular formula is C16H17N3O2. The van der Waals surface area contributed by atoms with E-state index in [0.29, 0.717) is 16.9 Å². The standard InChI is InChI=1S/C16H17N3O2/c1-16(2,3)15(21)19-13-10-17-9-7-11(13)14(20)12-6-4-5-8-18-12/h4-10H,1-3H3,(H,19,21). The monoisotopic (exact) mass is 283 g/mol. The van der Waals surface area contributed by atoms with Crippen molar-refractivity contribution < 1.29 is 9.59 Å². The maximum Gasteiger partial charge on any atom is 0.229 e. The minimum Gasteiger partial charge on any atom is -0.324 e. The zero-order valence-electron chi connectivity index (χ0n) is 12.3. The lowest BCUT2D eigenvalue weighted by atomic mass is 9.95. The first kappa shape index (κ1) is 14.8. The summed E-state index contributed by atoms with van der Waals surface area (Å²) in [6.07, 6.45) is 4.55. The van der Waals surface area contributed by atoms with Crippen molar-refractivity contribution in [3.63, 3.8) is 0 Å². The number of nitrogens with one attached hydrogen (secondary N) is 1. The van der Waals surface area contributed by atoms with Gasteiger partial charge in [0, 0.05) is 17.8 Å². The second kappa shape index (κ2) is 5.83. The van der Waals surface area contributed by atoms with Crippen LogP contribution in [0.2, 0.25) is 0 Å². The van der Waals surface area contributed by atoms with E-state index >= 15 is 0 Å². The first-order valence-electron chi connectivity index (χ1n) is 6.61. The van der Waals surface area contributed by atoms with Crippen LogP contribution < -0.4 is 5.32 Å². The Morgan fingerprint density at radius 1 is 1.10 bits per heavy atom. The van der Waals surface area contributed by atoms with E-state index in [4.69, 9.17) is 0 Å². The highest BCUT2D eigenvalue weighted by Gasteiger charge is 2.23. The molecule has 5 heteroatoms. The number of pyridine rings is 2. The largest absolute Gasteiger partial charge is 0.324 e. The van der Waals surface area contributed by atoms with Crippen LogP contribution in [0.25, 0.3) is 0 Å². The minimum atomic E-state index is -0.554. The van der Waals surface area contributed by atoms with E-state index in [0.717, 1.165) is 0 Å². The quantitative estimate of drug-likeness (QED) is 0.879. The predicted molar refractivity (Wildman–Crippen MR) is 80.0 cm³/mol. The highest BCUT2D eigenvalue weighted by molar-refractivity contribution is 6.12. The van der Waals surface area contributed by atoms with Gasteiger partial charge in [0.15, 0.2) is 0 Å². The fourth-order valence-corrected chi connectivity index (χ4v) is 1.64. The Balaban J connectivity index is 2.34. The van der Waals surface area contributed by atoms with E-state index < -0.39 is 5.41 Å². The Labute approximate surface area is 123 Å². The van der Waals surface area contributed by atoms with Gasteiger partial charge in [0.2, 0.25) is 11.7 Å². The molecule has 2 aromatic rings. The molecule has 5 nitrogen and oxygen atoms in total. The lowest BCUT2D eigenvalue weighted by molar-refractivity contribution is -0.123. The zero-order valence-corrected chi connectivity index (χ0v) is 12.3. The van der Waals surface area contributed by atoms with Crippen molar-refractivity contribution in [2.24, 2.45) is 5.41 Å². The second-order valence-corrected chi connectivity index (χ2v) is 5.67. The Hall–Kier alpha value is -2.56. The van der Waals surface area contributed by atoms with Gasteiger partial charge in [-0.1, -0.05) is 26.8 Å². The summed E-state index contributed by atoms with van der Waals surface area (Å²) in [5.41, 5.74) is 0.547. The molecule has 0 radical (unpaired) electrons. The zero-order chi connectivity index (χ0) is 15.5. The van der Waals surface area contributed by atoms with Crippen molar-refractivity contribution in [2.75, 3.05) is 5.32 Å². The number of aromatic nitrogens is 2. The predicted octanol–water partition coefficient (Wildman–Crippen LogP) is 2.69. The molecule has 0 unspecified atom stereocenters. The van der Waals surface area contributed by atoms with Crippen LogP contribution in [-0.4, -0.2) is 21.7 Å². The van der Waals surface area contributed by atoms with Crippen LogP contribution >= 0.6 is 0 Å². The van der Waals surface area contributed by atoms with E-state index in [2.05, 4.69) is 15.3 Å².